The highest BCUT2D eigenvalue weighted by Crippen LogP contribution is 2.30. The molecule has 0 N–H and O–H groups in total. The second kappa shape index (κ2) is 5.60. The van der Waals surface area contributed by atoms with Crippen LogP contribution >= 0.6 is 11.3 Å². The van der Waals surface area contributed by atoms with Crippen molar-refractivity contribution in [3.05, 3.63) is 40.8 Å². The quantitative estimate of drug-likeness (QED) is 0.646. The fraction of sp³-hybridized carbons (Fsp3) is 0.368. The first-order chi connectivity index (χ1) is 11.1. The Morgan fingerprint density at radius 3 is 2.91 bits per heavy atom. The third kappa shape index (κ3) is 2.61. The van der Waals surface area contributed by atoms with Gasteiger partial charge in [-0.15, -0.1) is 11.3 Å². The Labute approximate surface area is 139 Å². The van der Waals surface area contributed by atoms with Crippen molar-refractivity contribution in [1.82, 2.24) is 9.88 Å². The normalized spacial score (nSPS) is 18.7. The van der Waals surface area contributed by atoms with E-state index in [0.717, 1.165) is 45.4 Å². The Kier molecular flexibility index (Phi) is 3.57. The second-order valence-corrected chi connectivity index (χ2v) is 7.56. The second-order valence-electron chi connectivity index (χ2n) is 6.53. The van der Waals surface area contributed by atoms with Crippen molar-refractivity contribution in [2.45, 2.75) is 39.2 Å². The minimum Gasteiger partial charge on any atom is -0.335 e. The Morgan fingerprint density at radius 2 is 2.09 bits per heavy atom. The summed E-state index contributed by atoms with van der Waals surface area (Å²) in [5.74, 6) is 0.167. The van der Waals surface area contributed by atoms with Crippen molar-refractivity contribution in [2.24, 2.45) is 0 Å². The third-order valence-corrected chi connectivity index (χ3v) is 5.77. The molecule has 1 saturated heterocycles. The van der Waals surface area contributed by atoms with Crippen LogP contribution in [0.1, 0.15) is 41.4 Å². The zero-order valence-electron chi connectivity index (χ0n) is 13.5. The molecule has 0 saturated carbocycles. The molecule has 3 nitrogen and oxygen atoms in total. The molecule has 1 atom stereocenters. The minimum absolute atomic E-state index is 0.167. The molecule has 1 unspecified atom stereocenters. The van der Waals surface area contributed by atoms with E-state index in [1.54, 1.807) is 0 Å². The summed E-state index contributed by atoms with van der Waals surface area (Å²) in [5.41, 5.74) is 2.21. The average Bonchev–Trinajstić information content (AvgIpc) is 2.95. The van der Waals surface area contributed by atoms with E-state index in [2.05, 4.69) is 38.1 Å². The van der Waals surface area contributed by atoms with Gasteiger partial charge in [0.15, 0.2) is 0 Å². The van der Waals surface area contributed by atoms with Gasteiger partial charge in [-0.1, -0.05) is 12.1 Å². The van der Waals surface area contributed by atoms with Gasteiger partial charge in [0.2, 0.25) is 0 Å². The lowest BCUT2D eigenvalue weighted by Gasteiger charge is -2.33. The van der Waals surface area contributed by atoms with E-state index in [-0.39, 0.29) is 5.91 Å². The first kappa shape index (κ1) is 14.6. The Balaban J connectivity index is 1.76. The van der Waals surface area contributed by atoms with Crippen LogP contribution in [0.4, 0.5) is 0 Å². The van der Waals surface area contributed by atoms with Gasteiger partial charge in [0.25, 0.3) is 5.91 Å². The third-order valence-electron chi connectivity index (χ3n) is 4.73. The summed E-state index contributed by atoms with van der Waals surface area (Å²) in [7, 11) is 0. The Bertz CT molecular complexity index is 899. The fourth-order valence-corrected chi connectivity index (χ4v) is 4.36. The standard InChI is InChI=1S/C19H20N2OS/c1-12-6-7-14-10-15-11-17(23-18(15)20-16(14)9-12)19(22)21-8-4-3-5-13(21)2/h6-7,9-11,13H,3-5,8H2,1-2H3. The largest absolute Gasteiger partial charge is 0.335 e. The molecule has 0 aliphatic carbocycles. The lowest BCUT2D eigenvalue weighted by molar-refractivity contribution is 0.0641. The number of likely N-dealkylation sites (tertiary alicyclic amines) is 1. The number of benzene rings is 1. The molecule has 1 aliphatic rings. The Morgan fingerprint density at radius 1 is 1.22 bits per heavy atom. The van der Waals surface area contributed by atoms with Gasteiger partial charge >= 0.3 is 0 Å². The number of hydrogen-bond acceptors (Lipinski definition) is 3. The van der Waals surface area contributed by atoms with Gasteiger partial charge in [-0.2, -0.15) is 0 Å². The number of pyridine rings is 1. The number of carbonyl (C=O) groups excluding carboxylic acids is 1. The van der Waals surface area contributed by atoms with Crippen LogP contribution in [0, 0.1) is 6.92 Å². The van der Waals surface area contributed by atoms with E-state index < -0.39 is 0 Å². The van der Waals surface area contributed by atoms with Gasteiger partial charge < -0.3 is 4.90 Å². The maximum Gasteiger partial charge on any atom is 0.264 e. The van der Waals surface area contributed by atoms with Crippen LogP contribution in [0.2, 0.25) is 0 Å². The molecule has 23 heavy (non-hydrogen) atoms. The van der Waals surface area contributed by atoms with Crippen LogP contribution in [0.3, 0.4) is 0 Å². The molecule has 1 amide bonds. The van der Waals surface area contributed by atoms with Crippen LogP contribution in [0.25, 0.3) is 21.1 Å². The van der Waals surface area contributed by atoms with Gasteiger partial charge in [0.05, 0.1) is 10.4 Å². The van der Waals surface area contributed by atoms with Crippen molar-refractivity contribution in [3.8, 4) is 0 Å². The number of fused-ring (bicyclic) bond motifs is 2. The van der Waals surface area contributed by atoms with Crippen molar-refractivity contribution in [2.75, 3.05) is 6.54 Å². The summed E-state index contributed by atoms with van der Waals surface area (Å²) in [6.07, 6.45) is 3.45. The predicted octanol–water partition coefficient (Wildman–Crippen LogP) is 4.77. The van der Waals surface area contributed by atoms with Gasteiger partial charge in [0, 0.05) is 23.4 Å². The number of carbonyl (C=O) groups is 1. The van der Waals surface area contributed by atoms with E-state index >= 15 is 0 Å². The summed E-state index contributed by atoms with van der Waals surface area (Å²) in [5, 5.41) is 2.20. The number of amides is 1. The topological polar surface area (TPSA) is 33.2 Å². The highest BCUT2D eigenvalue weighted by Gasteiger charge is 2.25. The number of rotatable bonds is 1. The molecular weight excluding hydrogens is 304 g/mol. The van der Waals surface area contributed by atoms with E-state index in [0.29, 0.717) is 6.04 Å². The molecule has 1 aromatic carbocycles. The van der Waals surface area contributed by atoms with E-state index in [9.17, 15) is 4.79 Å². The van der Waals surface area contributed by atoms with Crippen LogP contribution < -0.4 is 0 Å². The highest BCUT2D eigenvalue weighted by atomic mass is 32.1. The average molecular weight is 324 g/mol. The van der Waals surface area contributed by atoms with Crippen LogP contribution in [0.15, 0.2) is 30.3 Å². The highest BCUT2D eigenvalue weighted by molar-refractivity contribution is 7.20. The van der Waals surface area contributed by atoms with E-state index in [1.807, 2.05) is 11.0 Å². The molecule has 0 radical (unpaired) electrons. The molecule has 1 fully saturated rings. The van der Waals surface area contributed by atoms with E-state index in [4.69, 9.17) is 4.98 Å². The molecule has 2 aromatic heterocycles. The SMILES string of the molecule is Cc1ccc2cc3cc(C(=O)N4CCCCC4C)sc3nc2c1. The number of piperidine rings is 1. The molecule has 1 aliphatic heterocycles. The molecule has 3 aromatic rings. The number of aryl methyl sites for hydroxylation is 1. The number of nitrogens with zero attached hydrogens (tertiary/aromatic N) is 2. The first-order valence-corrected chi connectivity index (χ1v) is 9.05. The Hall–Kier alpha value is -1.94. The van der Waals surface area contributed by atoms with E-state index in [1.165, 1.54) is 23.3 Å². The summed E-state index contributed by atoms with van der Waals surface area (Å²) in [6.45, 7) is 5.11. The summed E-state index contributed by atoms with van der Waals surface area (Å²) < 4.78 is 0. The van der Waals surface area contributed by atoms with Crippen molar-refractivity contribution >= 4 is 38.4 Å². The number of aromatic nitrogens is 1. The van der Waals surface area contributed by atoms with Gasteiger partial charge in [-0.25, -0.2) is 4.98 Å². The zero-order chi connectivity index (χ0) is 16.0. The van der Waals surface area contributed by atoms with Crippen molar-refractivity contribution < 1.29 is 4.79 Å². The molecule has 0 bridgehead atoms. The van der Waals surface area contributed by atoms with Gasteiger partial charge in [-0.3, -0.25) is 4.79 Å². The number of hydrogen-bond donors (Lipinski definition) is 0. The van der Waals surface area contributed by atoms with Crippen LogP contribution in [-0.4, -0.2) is 28.4 Å². The molecule has 0 spiro atoms. The van der Waals surface area contributed by atoms with Gasteiger partial charge in [-0.05, 0) is 56.9 Å². The molecule has 3 heterocycles. The summed E-state index contributed by atoms with van der Waals surface area (Å²) in [4.78, 5) is 21.4. The lowest BCUT2D eigenvalue weighted by Crippen LogP contribution is -2.41. The van der Waals surface area contributed by atoms with Gasteiger partial charge in [0.1, 0.15) is 4.83 Å². The first-order valence-electron chi connectivity index (χ1n) is 8.24. The summed E-state index contributed by atoms with van der Waals surface area (Å²) >= 11 is 1.52. The van der Waals surface area contributed by atoms with Crippen molar-refractivity contribution in [1.29, 1.82) is 0 Å². The van der Waals surface area contributed by atoms with Crippen molar-refractivity contribution in [3.63, 3.8) is 0 Å². The zero-order valence-corrected chi connectivity index (χ0v) is 14.3. The maximum atomic E-state index is 12.8. The monoisotopic (exact) mass is 324 g/mol. The summed E-state index contributed by atoms with van der Waals surface area (Å²) in [6, 6.07) is 10.8. The fourth-order valence-electron chi connectivity index (χ4n) is 3.38. The maximum absolute atomic E-state index is 12.8. The molecule has 4 rings (SSSR count). The minimum atomic E-state index is 0.167. The predicted molar refractivity (Wildman–Crippen MR) is 96.2 cm³/mol. The molecular formula is C19H20N2OS. The lowest BCUT2D eigenvalue weighted by atomic mass is 10.0. The molecule has 118 valence electrons. The number of thiophene rings is 1. The van der Waals surface area contributed by atoms with Crippen LogP contribution in [0.5, 0.6) is 0 Å². The smallest absolute Gasteiger partial charge is 0.264 e. The molecule has 4 heteroatoms. The van der Waals surface area contributed by atoms with Crippen LogP contribution in [-0.2, 0) is 0 Å².